The van der Waals surface area contributed by atoms with Crippen LogP contribution >= 0.6 is 23.1 Å². The summed E-state index contributed by atoms with van der Waals surface area (Å²) in [5, 5.41) is 5.96. The van der Waals surface area contributed by atoms with Crippen molar-refractivity contribution < 1.29 is 4.79 Å². The number of thioether (sulfide) groups is 1. The molecule has 4 rings (SSSR count). The number of hydrogen-bond donors (Lipinski definition) is 1. The molecule has 0 atom stereocenters. The number of hydrogen-bond acceptors (Lipinski definition) is 5. The molecule has 2 aromatic heterocycles. The van der Waals surface area contributed by atoms with Gasteiger partial charge in [0, 0.05) is 22.2 Å². The van der Waals surface area contributed by atoms with Crippen molar-refractivity contribution in [1.82, 2.24) is 14.9 Å². The summed E-state index contributed by atoms with van der Waals surface area (Å²) in [5.41, 5.74) is 2.11. The van der Waals surface area contributed by atoms with E-state index in [9.17, 15) is 9.59 Å². The molecular weight excluding hydrogens is 390 g/mol. The zero-order valence-electron chi connectivity index (χ0n) is 16.1. The summed E-state index contributed by atoms with van der Waals surface area (Å²) in [5.74, 6) is 0.399. The number of thiophene rings is 1. The zero-order chi connectivity index (χ0) is 19.3. The molecule has 5 nitrogen and oxygen atoms in total. The minimum atomic E-state index is -0.191. The van der Waals surface area contributed by atoms with Crippen molar-refractivity contribution in [2.24, 2.45) is 0 Å². The van der Waals surface area contributed by atoms with E-state index < -0.39 is 0 Å². The van der Waals surface area contributed by atoms with Crippen LogP contribution in [0.1, 0.15) is 61.1 Å². The standard InChI is InChI=1S/C21H27N3O2S2/c25-19(22-15-7-2-1-3-8-15)14-28-20-17-10-4-5-11-18(17)24(21(26)23-20)13-16-9-6-12-27-16/h6,9,12,15H,1-5,7-8,10-11,13-14H2,(H,22,25). The Morgan fingerprint density at radius 3 is 2.82 bits per heavy atom. The molecule has 0 aromatic carbocycles. The van der Waals surface area contributed by atoms with Crippen LogP contribution in [0.2, 0.25) is 0 Å². The number of nitrogens with zero attached hydrogens (tertiary/aromatic N) is 2. The van der Waals surface area contributed by atoms with Gasteiger partial charge in [0.05, 0.1) is 12.3 Å². The van der Waals surface area contributed by atoms with Crippen molar-refractivity contribution in [1.29, 1.82) is 0 Å². The van der Waals surface area contributed by atoms with E-state index in [2.05, 4.69) is 16.4 Å². The van der Waals surface area contributed by atoms with Gasteiger partial charge in [-0.15, -0.1) is 11.3 Å². The van der Waals surface area contributed by atoms with Crippen molar-refractivity contribution in [3.63, 3.8) is 0 Å². The second-order valence-electron chi connectivity index (χ2n) is 7.69. The van der Waals surface area contributed by atoms with Gasteiger partial charge in [0.2, 0.25) is 5.91 Å². The second-order valence-corrected chi connectivity index (χ2v) is 9.68. The predicted molar refractivity (Wildman–Crippen MR) is 114 cm³/mol. The molecule has 150 valence electrons. The summed E-state index contributed by atoms with van der Waals surface area (Å²) in [7, 11) is 0. The molecule has 1 amide bonds. The lowest BCUT2D eigenvalue weighted by Crippen LogP contribution is -2.37. The fourth-order valence-corrected chi connectivity index (χ4v) is 5.82. The molecule has 2 aromatic rings. The van der Waals surface area contributed by atoms with Gasteiger partial charge >= 0.3 is 5.69 Å². The molecule has 0 unspecified atom stereocenters. The summed E-state index contributed by atoms with van der Waals surface area (Å²) in [6.45, 7) is 0.596. The Kier molecular flexibility index (Phi) is 6.52. The molecule has 0 bridgehead atoms. The highest BCUT2D eigenvalue weighted by Crippen LogP contribution is 2.29. The third kappa shape index (κ3) is 4.69. The smallest absolute Gasteiger partial charge is 0.349 e. The first-order valence-corrected chi connectivity index (χ1v) is 12.1. The van der Waals surface area contributed by atoms with Crippen molar-refractivity contribution in [2.45, 2.75) is 75.4 Å². The molecule has 0 radical (unpaired) electrons. The molecule has 28 heavy (non-hydrogen) atoms. The van der Waals surface area contributed by atoms with Crippen molar-refractivity contribution in [2.75, 3.05) is 5.75 Å². The van der Waals surface area contributed by atoms with Gasteiger partial charge in [0.15, 0.2) is 0 Å². The number of carbonyl (C=O) groups excluding carboxylic acids is 1. The lowest BCUT2D eigenvalue weighted by molar-refractivity contribution is -0.119. The van der Waals surface area contributed by atoms with Crippen molar-refractivity contribution in [3.05, 3.63) is 44.1 Å². The monoisotopic (exact) mass is 417 g/mol. The van der Waals surface area contributed by atoms with Gasteiger partial charge in [0.1, 0.15) is 5.03 Å². The second kappa shape index (κ2) is 9.27. The normalized spacial score (nSPS) is 17.3. The maximum Gasteiger partial charge on any atom is 0.349 e. The third-order valence-electron chi connectivity index (χ3n) is 5.66. The first-order chi connectivity index (χ1) is 13.7. The van der Waals surface area contributed by atoms with Gasteiger partial charge in [-0.05, 0) is 50.0 Å². The molecule has 2 heterocycles. The summed E-state index contributed by atoms with van der Waals surface area (Å²) in [6.07, 6.45) is 9.94. The molecule has 0 spiro atoms. The van der Waals surface area contributed by atoms with E-state index in [1.54, 1.807) is 11.3 Å². The maximum absolute atomic E-state index is 12.7. The van der Waals surface area contributed by atoms with Crippen LogP contribution in [0, 0.1) is 0 Å². The Labute approximate surface area is 174 Å². The molecule has 1 N–H and O–H groups in total. The Bertz CT molecular complexity index is 871. The minimum absolute atomic E-state index is 0.0611. The van der Waals surface area contributed by atoms with Crippen LogP contribution in [0.4, 0.5) is 0 Å². The lowest BCUT2D eigenvalue weighted by atomic mass is 9.95. The average molecular weight is 418 g/mol. The highest BCUT2D eigenvalue weighted by atomic mass is 32.2. The van der Waals surface area contributed by atoms with Crippen LogP contribution in [0.15, 0.2) is 27.3 Å². The summed E-state index contributed by atoms with van der Waals surface area (Å²) >= 11 is 3.09. The topological polar surface area (TPSA) is 64.0 Å². The number of amides is 1. The quantitative estimate of drug-likeness (QED) is 0.574. The molecule has 2 aliphatic carbocycles. The first kappa shape index (κ1) is 19.7. The van der Waals surface area contributed by atoms with Gasteiger partial charge in [-0.3, -0.25) is 9.36 Å². The van der Waals surface area contributed by atoms with Gasteiger partial charge in [-0.25, -0.2) is 4.79 Å². The maximum atomic E-state index is 12.7. The highest BCUT2D eigenvalue weighted by Gasteiger charge is 2.22. The van der Waals surface area contributed by atoms with E-state index in [-0.39, 0.29) is 11.6 Å². The molecular formula is C21H27N3O2S2. The Morgan fingerprint density at radius 1 is 1.21 bits per heavy atom. The first-order valence-electron chi connectivity index (χ1n) is 10.3. The predicted octanol–water partition coefficient (Wildman–Crippen LogP) is 3.77. The lowest BCUT2D eigenvalue weighted by Gasteiger charge is -2.24. The zero-order valence-corrected chi connectivity index (χ0v) is 17.7. The Hall–Kier alpha value is -1.60. The minimum Gasteiger partial charge on any atom is -0.353 e. The summed E-state index contributed by atoms with van der Waals surface area (Å²) in [4.78, 5) is 30.7. The molecule has 0 saturated heterocycles. The summed E-state index contributed by atoms with van der Waals surface area (Å²) in [6, 6.07) is 4.40. The van der Waals surface area contributed by atoms with Gasteiger partial charge in [0.25, 0.3) is 0 Å². The van der Waals surface area contributed by atoms with Crippen molar-refractivity contribution >= 4 is 29.0 Å². The van der Waals surface area contributed by atoms with Crippen LogP contribution in [-0.4, -0.2) is 27.3 Å². The molecule has 7 heteroatoms. The molecule has 0 aliphatic heterocycles. The van der Waals surface area contributed by atoms with Gasteiger partial charge in [-0.2, -0.15) is 4.98 Å². The van der Waals surface area contributed by atoms with Crippen LogP contribution < -0.4 is 11.0 Å². The number of aromatic nitrogens is 2. The molecule has 1 saturated carbocycles. The van der Waals surface area contributed by atoms with Gasteiger partial charge < -0.3 is 5.32 Å². The van der Waals surface area contributed by atoms with Gasteiger partial charge in [-0.1, -0.05) is 37.1 Å². The average Bonchev–Trinajstić information content (AvgIpc) is 3.23. The number of carbonyl (C=O) groups is 1. The fourth-order valence-electron chi connectivity index (χ4n) is 4.24. The van der Waals surface area contributed by atoms with Crippen LogP contribution in [0.3, 0.4) is 0 Å². The van der Waals surface area contributed by atoms with Crippen LogP contribution in [0.25, 0.3) is 0 Å². The van der Waals surface area contributed by atoms with E-state index in [0.717, 1.165) is 49.2 Å². The largest absolute Gasteiger partial charge is 0.353 e. The number of fused-ring (bicyclic) bond motifs is 1. The Balaban J connectivity index is 1.48. The highest BCUT2D eigenvalue weighted by molar-refractivity contribution is 7.99. The molecule has 1 fully saturated rings. The fraction of sp³-hybridized carbons (Fsp3) is 0.571. The SMILES string of the molecule is O=C(CSc1nc(=O)n(Cc2cccs2)c2c1CCCC2)NC1CCCCC1. The van der Waals surface area contributed by atoms with E-state index in [1.165, 1.54) is 41.5 Å². The van der Waals surface area contributed by atoms with Crippen LogP contribution in [0.5, 0.6) is 0 Å². The number of nitrogens with one attached hydrogen (secondary N) is 1. The van der Waals surface area contributed by atoms with Crippen LogP contribution in [-0.2, 0) is 24.2 Å². The van der Waals surface area contributed by atoms with E-state index in [1.807, 2.05) is 16.0 Å². The van der Waals surface area contributed by atoms with E-state index in [0.29, 0.717) is 18.3 Å². The van der Waals surface area contributed by atoms with Crippen molar-refractivity contribution in [3.8, 4) is 0 Å². The third-order valence-corrected chi connectivity index (χ3v) is 7.53. The molecule has 2 aliphatic rings. The summed E-state index contributed by atoms with van der Waals surface area (Å²) < 4.78 is 1.84. The number of rotatable bonds is 6. The van der Waals surface area contributed by atoms with E-state index >= 15 is 0 Å². The van der Waals surface area contributed by atoms with E-state index in [4.69, 9.17) is 0 Å². The Morgan fingerprint density at radius 2 is 2.04 bits per heavy atom.